The maximum absolute atomic E-state index is 11.7. The summed E-state index contributed by atoms with van der Waals surface area (Å²) in [6.07, 6.45) is 1.30. The molecular weight excluding hydrogens is 198 g/mol. The molecule has 0 bridgehead atoms. The Morgan fingerprint density at radius 1 is 1.31 bits per heavy atom. The topological polar surface area (TPSA) is 22.0 Å². The molecule has 2 aromatic rings. The van der Waals surface area contributed by atoms with Gasteiger partial charge in [-0.25, -0.2) is 0 Å². The van der Waals surface area contributed by atoms with Gasteiger partial charge in [0.15, 0.2) is 0 Å². The zero-order valence-electron chi connectivity index (χ0n) is 9.66. The maximum Gasteiger partial charge on any atom is 0.138 e. The van der Waals surface area contributed by atoms with E-state index < -0.39 is 0 Å². The van der Waals surface area contributed by atoms with Gasteiger partial charge in [-0.3, -0.25) is 4.79 Å². The van der Waals surface area contributed by atoms with Crippen LogP contribution in [0.4, 0.5) is 0 Å². The third-order valence-electron chi connectivity index (χ3n) is 3.64. The lowest BCUT2D eigenvalue weighted by molar-refractivity contribution is -0.119. The molecular formula is C14H15NO. The molecule has 1 unspecified atom stereocenters. The number of hydrogen-bond donors (Lipinski definition) is 0. The van der Waals surface area contributed by atoms with E-state index in [1.165, 1.54) is 22.2 Å². The van der Waals surface area contributed by atoms with Gasteiger partial charge in [0.1, 0.15) is 5.78 Å². The first-order valence-electron chi connectivity index (χ1n) is 5.76. The van der Waals surface area contributed by atoms with Crippen molar-refractivity contribution in [3.63, 3.8) is 0 Å². The van der Waals surface area contributed by atoms with Crippen molar-refractivity contribution in [2.75, 3.05) is 0 Å². The Labute approximate surface area is 94.9 Å². The molecule has 0 N–H and O–H groups in total. The van der Waals surface area contributed by atoms with E-state index in [0.717, 1.165) is 0 Å². The molecule has 1 heterocycles. The normalized spacial score (nSPS) is 20.1. The number of hydrogen-bond acceptors (Lipinski definition) is 1. The van der Waals surface area contributed by atoms with Gasteiger partial charge in [0.25, 0.3) is 0 Å². The second-order valence-corrected chi connectivity index (χ2v) is 4.76. The number of rotatable bonds is 0. The van der Waals surface area contributed by atoms with Crippen molar-refractivity contribution >= 4 is 16.7 Å². The molecule has 3 rings (SSSR count). The van der Waals surface area contributed by atoms with Crippen molar-refractivity contribution in [3.8, 4) is 0 Å². The number of carbonyl (C=O) groups excluding carboxylic acids is 1. The Morgan fingerprint density at radius 2 is 2.06 bits per heavy atom. The van der Waals surface area contributed by atoms with E-state index in [4.69, 9.17) is 0 Å². The van der Waals surface area contributed by atoms with Crippen LogP contribution in [-0.4, -0.2) is 10.4 Å². The Hall–Kier alpha value is -1.57. The maximum atomic E-state index is 11.7. The highest BCUT2D eigenvalue weighted by molar-refractivity contribution is 5.93. The molecule has 2 nitrogen and oxygen atoms in total. The molecule has 1 aromatic heterocycles. The first kappa shape index (κ1) is 9.64. The van der Waals surface area contributed by atoms with Gasteiger partial charge in [0.05, 0.1) is 0 Å². The SMILES string of the molecule is CC1CC(=O)Cc2c1n(C)c1ccccc21. The smallest absolute Gasteiger partial charge is 0.138 e. The van der Waals surface area contributed by atoms with Crippen LogP contribution in [0.15, 0.2) is 24.3 Å². The van der Waals surface area contributed by atoms with Crippen molar-refractivity contribution in [2.24, 2.45) is 7.05 Å². The molecule has 0 aliphatic heterocycles. The highest BCUT2D eigenvalue weighted by atomic mass is 16.1. The largest absolute Gasteiger partial charge is 0.347 e. The second kappa shape index (κ2) is 3.21. The van der Waals surface area contributed by atoms with Crippen LogP contribution in [-0.2, 0) is 18.3 Å². The fourth-order valence-corrected chi connectivity index (χ4v) is 3.01. The molecule has 82 valence electrons. The van der Waals surface area contributed by atoms with E-state index in [-0.39, 0.29) is 0 Å². The molecule has 0 saturated heterocycles. The standard InChI is InChI=1S/C14H15NO/c1-9-7-10(16)8-12-11-5-3-4-6-13(11)15(2)14(9)12/h3-6,9H,7-8H2,1-2H3. The average molecular weight is 213 g/mol. The molecule has 1 aliphatic rings. The zero-order valence-corrected chi connectivity index (χ0v) is 9.66. The second-order valence-electron chi connectivity index (χ2n) is 4.76. The Bertz CT molecular complexity index is 580. The quantitative estimate of drug-likeness (QED) is 0.659. The van der Waals surface area contributed by atoms with Crippen LogP contribution < -0.4 is 0 Å². The number of fused-ring (bicyclic) bond motifs is 3. The summed E-state index contributed by atoms with van der Waals surface area (Å²) in [7, 11) is 2.10. The van der Waals surface area contributed by atoms with E-state index in [1.54, 1.807) is 0 Å². The van der Waals surface area contributed by atoms with Gasteiger partial charge in [-0.15, -0.1) is 0 Å². The monoisotopic (exact) mass is 213 g/mol. The van der Waals surface area contributed by atoms with Crippen LogP contribution >= 0.6 is 0 Å². The fraction of sp³-hybridized carbons (Fsp3) is 0.357. The molecule has 1 atom stereocenters. The van der Waals surface area contributed by atoms with Gasteiger partial charge in [0.2, 0.25) is 0 Å². The molecule has 1 aliphatic carbocycles. The lowest BCUT2D eigenvalue weighted by atomic mass is 9.87. The minimum atomic E-state index is 0.355. The minimum absolute atomic E-state index is 0.355. The van der Waals surface area contributed by atoms with E-state index in [0.29, 0.717) is 24.5 Å². The lowest BCUT2D eigenvalue weighted by Crippen LogP contribution is -2.17. The summed E-state index contributed by atoms with van der Waals surface area (Å²) in [5, 5.41) is 1.25. The van der Waals surface area contributed by atoms with Gasteiger partial charge in [-0.1, -0.05) is 25.1 Å². The van der Waals surface area contributed by atoms with E-state index in [9.17, 15) is 4.79 Å². The molecule has 0 radical (unpaired) electrons. The fourth-order valence-electron chi connectivity index (χ4n) is 3.01. The van der Waals surface area contributed by atoms with Crippen molar-refractivity contribution in [1.82, 2.24) is 4.57 Å². The number of Topliss-reactive ketones (excluding diaryl/α,β-unsaturated/α-hetero) is 1. The van der Waals surface area contributed by atoms with Crippen molar-refractivity contribution in [3.05, 3.63) is 35.5 Å². The number of para-hydroxylation sites is 1. The van der Waals surface area contributed by atoms with E-state index in [1.807, 2.05) is 6.07 Å². The number of benzene rings is 1. The van der Waals surface area contributed by atoms with Crippen molar-refractivity contribution < 1.29 is 4.79 Å². The van der Waals surface area contributed by atoms with Crippen LogP contribution in [0.1, 0.15) is 30.5 Å². The minimum Gasteiger partial charge on any atom is -0.347 e. The number of aryl methyl sites for hydroxylation is 1. The molecule has 0 spiro atoms. The van der Waals surface area contributed by atoms with Gasteiger partial charge >= 0.3 is 0 Å². The summed E-state index contributed by atoms with van der Waals surface area (Å²) in [6, 6.07) is 8.36. The zero-order chi connectivity index (χ0) is 11.3. The first-order chi connectivity index (χ1) is 7.68. The van der Waals surface area contributed by atoms with E-state index >= 15 is 0 Å². The number of nitrogens with zero attached hydrogens (tertiary/aromatic N) is 1. The van der Waals surface area contributed by atoms with Crippen LogP contribution in [0.3, 0.4) is 0 Å². The van der Waals surface area contributed by atoms with Crippen LogP contribution in [0.2, 0.25) is 0 Å². The Balaban J connectivity index is 2.39. The Morgan fingerprint density at radius 3 is 2.88 bits per heavy atom. The molecule has 2 heteroatoms. The van der Waals surface area contributed by atoms with Crippen molar-refractivity contribution in [1.29, 1.82) is 0 Å². The van der Waals surface area contributed by atoms with Gasteiger partial charge in [-0.2, -0.15) is 0 Å². The van der Waals surface area contributed by atoms with Gasteiger partial charge in [0, 0.05) is 42.4 Å². The predicted molar refractivity (Wildman–Crippen MR) is 64.7 cm³/mol. The molecule has 1 aromatic carbocycles. The molecule has 0 fully saturated rings. The highest BCUT2D eigenvalue weighted by Gasteiger charge is 2.27. The van der Waals surface area contributed by atoms with Crippen LogP contribution in [0.25, 0.3) is 10.9 Å². The average Bonchev–Trinajstić information content (AvgIpc) is 2.54. The lowest BCUT2D eigenvalue weighted by Gasteiger charge is -2.19. The summed E-state index contributed by atoms with van der Waals surface area (Å²) < 4.78 is 2.25. The highest BCUT2D eigenvalue weighted by Crippen LogP contribution is 2.36. The molecule has 0 amide bonds. The van der Waals surface area contributed by atoms with Crippen molar-refractivity contribution in [2.45, 2.75) is 25.7 Å². The third kappa shape index (κ3) is 1.16. The van der Waals surface area contributed by atoms with E-state index in [2.05, 4.69) is 36.7 Å². The predicted octanol–water partition coefficient (Wildman–Crippen LogP) is 2.80. The molecule has 16 heavy (non-hydrogen) atoms. The Kier molecular flexibility index (Phi) is 1.93. The van der Waals surface area contributed by atoms with Crippen LogP contribution in [0.5, 0.6) is 0 Å². The number of aromatic nitrogens is 1. The van der Waals surface area contributed by atoms with Gasteiger partial charge in [-0.05, 0) is 11.6 Å². The third-order valence-corrected chi connectivity index (χ3v) is 3.64. The summed E-state index contributed by atoms with van der Waals surface area (Å²) in [6.45, 7) is 2.15. The summed E-state index contributed by atoms with van der Waals surface area (Å²) >= 11 is 0. The number of ketones is 1. The van der Waals surface area contributed by atoms with Crippen LogP contribution in [0, 0.1) is 0 Å². The summed E-state index contributed by atoms with van der Waals surface area (Å²) in [4.78, 5) is 11.7. The summed E-state index contributed by atoms with van der Waals surface area (Å²) in [5.74, 6) is 0.727. The first-order valence-corrected chi connectivity index (χ1v) is 5.76. The summed E-state index contributed by atoms with van der Waals surface area (Å²) in [5.41, 5.74) is 3.84. The molecule has 0 saturated carbocycles. The van der Waals surface area contributed by atoms with Gasteiger partial charge < -0.3 is 4.57 Å². The number of carbonyl (C=O) groups is 1.